The molecular formula is C17H24ClN5O3S. The maximum atomic E-state index is 12.7. The molecule has 1 aliphatic heterocycles. The third-order valence-corrected chi connectivity index (χ3v) is 6.09. The Labute approximate surface area is 165 Å². The van der Waals surface area contributed by atoms with Crippen molar-refractivity contribution in [1.29, 1.82) is 0 Å². The van der Waals surface area contributed by atoms with E-state index in [4.69, 9.17) is 5.73 Å². The molecule has 1 aromatic heterocycles. The molecule has 0 radical (unpaired) electrons. The molecule has 1 aliphatic rings. The van der Waals surface area contributed by atoms with Crippen LogP contribution in [-0.2, 0) is 21.9 Å². The SMILES string of the molecule is CC(NS(=O)(=O)c1cnn(C)c1)C(=O)N1C[C@@H](N)[C@H](c2ccccc2)C1.Cl. The Kier molecular flexibility index (Phi) is 6.63. The molecule has 3 N–H and O–H groups in total. The number of rotatable bonds is 5. The second-order valence-corrected chi connectivity index (χ2v) is 8.33. The number of amides is 1. The Balaban J connectivity index is 0.00000261. The van der Waals surface area contributed by atoms with Gasteiger partial charge >= 0.3 is 0 Å². The maximum Gasteiger partial charge on any atom is 0.244 e. The van der Waals surface area contributed by atoms with Crippen LogP contribution in [0.15, 0.2) is 47.6 Å². The van der Waals surface area contributed by atoms with E-state index in [9.17, 15) is 13.2 Å². The summed E-state index contributed by atoms with van der Waals surface area (Å²) < 4.78 is 28.5. The Morgan fingerprint density at radius 1 is 1.30 bits per heavy atom. The van der Waals surface area contributed by atoms with Crippen LogP contribution in [0.2, 0.25) is 0 Å². The fourth-order valence-corrected chi connectivity index (χ4v) is 4.40. The van der Waals surface area contributed by atoms with Gasteiger partial charge < -0.3 is 10.6 Å². The number of aromatic nitrogens is 2. The number of hydrogen-bond donors (Lipinski definition) is 2. The lowest BCUT2D eigenvalue weighted by Crippen LogP contribution is -2.46. The summed E-state index contributed by atoms with van der Waals surface area (Å²) in [7, 11) is -2.18. The number of nitrogens with one attached hydrogen (secondary N) is 1. The van der Waals surface area contributed by atoms with Crippen molar-refractivity contribution < 1.29 is 13.2 Å². The van der Waals surface area contributed by atoms with Gasteiger partial charge in [0, 0.05) is 38.3 Å². The fraction of sp³-hybridized carbons (Fsp3) is 0.412. The zero-order valence-electron chi connectivity index (χ0n) is 15.1. The number of nitrogens with zero attached hydrogens (tertiary/aromatic N) is 3. The minimum atomic E-state index is -3.80. The Bertz CT molecular complexity index is 887. The molecule has 2 aromatic rings. The molecule has 8 nitrogen and oxygen atoms in total. The molecule has 3 atom stereocenters. The number of halogens is 1. The number of carbonyl (C=O) groups excluding carboxylic acids is 1. The van der Waals surface area contributed by atoms with Crippen molar-refractivity contribution in [2.45, 2.75) is 29.8 Å². The summed E-state index contributed by atoms with van der Waals surface area (Å²) in [6.07, 6.45) is 2.63. The first-order valence-electron chi connectivity index (χ1n) is 8.38. The molecule has 1 saturated heterocycles. The molecule has 10 heteroatoms. The monoisotopic (exact) mass is 413 g/mol. The highest BCUT2D eigenvalue weighted by Crippen LogP contribution is 2.26. The van der Waals surface area contributed by atoms with Crippen LogP contribution in [0.5, 0.6) is 0 Å². The Morgan fingerprint density at radius 2 is 1.96 bits per heavy atom. The molecule has 148 valence electrons. The second-order valence-electron chi connectivity index (χ2n) is 6.62. The van der Waals surface area contributed by atoms with Gasteiger partial charge in [0.05, 0.1) is 12.2 Å². The molecule has 1 unspecified atom stereocenters. The number of carbonyl (C=O) groups is 1. The number of aryl methyl sites for hydroxylation is 1. The van der Waals surface area contributed by atoms with Gasteiger partial charge in [-0.05, 0) is 12.5 Å². The molecule has 1 aromatic carbocycles. The summed E-state index contributed by atoms with van der Waals surface area (Å²) >= 11 is 0. The summed E-state index contributed by atoms with van der Waals surface area (Å²) in [5.74, 6) is -0.242. The molecule has 0 saturated carbocycles. The average molecular weight is 414 g/mol. The lowest BCUT2D eigenvalue weighted by molar-refractivity contribution is -0.131. The Morgan fingerprint density at radius 3 is 2.56 bits per heavy atom. The van der Waals surface area contributed by atoms with Gasteiger partial charge in [0.2, 0.25) is 15.9 Å². The predicted molar refractivity (Wildman–Crippen MR) is 104 cm³/mol. The van der Waals surface area contributed by atoms with Crippen molar-refractivity contribution in [1.82, 2.24) is 19.4 Å². The van der Waals surface area contributed by atoms with E-state index < -0.39 is 16.1 Å². The van der Waals surface area contributed by atoms with Crippen molar-refractivity contribution in [3.63, 3.8) is 0 Å². The first kappa shape index (κ1) is 21.4. The summed E-state index contributed by atoms with van der Waals surface area (Å²) in [4.78, 5) is 14.4. The molecule has 3 rings (SSSR count). The lowest BCUT2D eigenvalue weighted by atomic mass is 9.95. The number of likely N-dealkylation sites (tertiary alicyclic amines) is 1. The highest BCUT2D eigenvalue weighted by molar-refractivity contribution is 7.89. The zero-order valence-corrected chi connectivity index (χ0v) is 16.8. The number of benzene rings is 1. The standard InChI is InChI=1S/C17H23N5O3S.ClH/c1-12(20-26(24,25)14-8-19-21(2)9-14)17(23)22-10-15(16(18)11-22)13-6-4-3-5-7-13;/h3-9,12,15-16,20H,10-11,18H2,1-2H3;1H/t12?,15-,16+;/m0./s1. The van der Waals surface area contributed by atoms with E-state index >= 15 is 0 Å². The third kappa shape index (κ3) is 4.67. The van der Waals surface area contributed by atoms with E-state index in [2.05, 4.69) is 9.82 Å². The predicted octanol–water partition coefficient (Wildman–Crippen LogP) is 0.462. The smallest absolute Gasteiger partial charge is 0.244 e. The van der Waals surface area contributed by atoms with Crippen LogP contribution in [0.4, 0.5) is 0 Å². The number of hydrogen-bond acceptors (Lipinski definition) is 5. The number of nitrogens with two attached hydrogens (primary N) is 1. The zero-order chi connectivity index (χ0) is 18.9. The molecule has 27 heavy (non-hydrogen) atoms. The molecule has 0 spiro atoms. The highest BCUT2D eigenvalue weighted by Gasteiger charge is 2.36. The third-order valence-electron chi connectivity index (χ3n) is 4.60. The second kappa shape index (κ2) is 8.39. The average Bonchev–Trinajstić information content (AvgIpc) is 3.21. The van der Waals surface area contributed by atoms with Crippen LogP contribution >= 0.6 is 12.4 Å². The molecule has 1 fully saturated rings. The van der Waals surface area contributed by atoms with Gasteiger partial charge in [-0.15, -0.1) is 12.4 Å². The minimum absolute atomic E-state index is 0. The molecule has 0 bridgehead atoms. The van der Waals surface area contributed by atoms with Crippen LogP contribution in [0.3, 0.4) is 0 Å². The van der Waals surface area contributed by atoms with Crippen molar-refractivity contribution in [3.8, 4) is 0 Å². The van der Waals surface area contributed by atoms with Gasteiger partial charge in [0.15, 0.2) is 0 Å². The Hall–Kier alpha value is -1.94. The van der Waals surface area contributed by atoms with Crippen molar-refractivity contribution in [2.75, 3.05) is 13.1 Å². The van der Waals surface area contributed by atoms with Crippen LogP contribution in [0, 0.1) is 0 Å². The number of sulfonamides is 1. The van der Waals surface area contributed by atoms with Crippen molar-refractivity contribution in [2.24, 2.45) is 12.8 Å². The quantitative estimate of drug-likeness (QED) is 0.739. The lowest BCUT2D eigenvalue weighted by Gasteiger charge is -2.21. The maximum absolute atomic E-state index is 12.7. The summed E-state index contributed by atoms with van der Waals surface area (Å²) in [5, 5.41) is 3.85. The van der Waals surface area contributed by atoms with E-state index in [0.29, 0.717) is 13.1 Å². The topological polar surface area (TPSA) is 110 Å². The van der Waals surface area contributed by atoms with E-state index in [1.54, 1.807) is 11.9 Å². The molecule has 1 amide bonds. The van der Waals surface area contributed by atoms with E-state index in [1.807, 2.05) is 30.3 Å². The molecule has 2 heterocycles. The van der Waals surface area contributed by atoms with E-state index in [0.717, 1.165) is 5.56 Å². The van der Waals surface area contributed by atoms with Crippen molar-refractivity contribution >= 4 is 28.3 Å². The normalized spacial score (nSPS) is 20.9. The highest BCUT2D eigenvalue weighted by atomic mass is 35.5. The van der Waals surface area contributed by atoms with Crippen LogP contribution < -0.4 is 10.5 Å². The molecular weight excluding hydrogens is 390 g/mol. The molecule has 0 aliphatic carbocycles. The van der Waals surface area contributed by atoms with E-state index in [-0.39, 0.29) is 35.2 Å². The van der Waals surface area contributed by atoms with Gasteiger partial charge in [0.1, 0.15) is 4.90 Å². The summed E-state index contributed by atoms with van der Waals surface area (Å²) in [6, 6.07) is 8.74. The van der Waals surface area contributed by atoms with Crippen LogP contribution in [-0.4, -0.2) is 54.2 Å². The largest absolute Gasteiger partial charge is 0.339 e. The van der Waals surface area contributed by atoms with Crippen molar-refractivity contribution in [3.05, 3.63) is 48.3 Å². The van der Waals surface area contributed by atoms with Gasteiger partial charge in [-0.25, -0.2) is 8.42 Å². The van der Waals surface area contributed by atoms with Gasteiger partial charge in [-0.2, -0.15) is 9.82 Å². The summed E-state index contributed by atoms with van der Waals surface area (Å²) in [6.45, 7) is 2.41. The van der Waals surface area contributed by atoms with Crippen LogP contribution in [0.1, 0.15) is 18.4 Å². The fourth-order valence-electron chi connectivity index (χ4n) is 3.22. The first-order chi connectivity index (χ1) is 12.3. The van der Waals surface area contributed by atoms with Gasteiger partial charge in [-0.3, -0.25) is 9.48 Å². The van der Waals surface area contributed by atoms with Gasteiger partial charge in [0.25, 0.3) is 0 Å². The van der Waals surface area contributed by atoms with E-state index in [1.165, 1.54) is 24.0 Å². The van der Waals surface area contributed by atoms with Gasteiger partial charge in [-0.1, -0.05) is 30.3 Å². The minimum Gasteiger partial charge on any atom is -0.339 e. The van der Waals surface area contributed by atoms with Crippen LogP contribution in [0.25, 0.3) is 0 Å². The first-order valence-corrected chi connectivity index (χ1v) is 9.86. The summed E-state index contributed by atoms with van der Waals surface area (Å²) in [5.41, 5.74) is 7.30.